The molecule has 0 N–H and O–H groups in total. The van der Waals surface area contributed by atoms with Gasteiger partial charge in [0.05, 0.1) is 11.9 Å². The molecule has 2 aromatic rings. The molecular weight excluding hydrogens is 242 g/mol. The molecule has 0 saturated carbocycles. The molecule has 0 aromatic carbocycles. The molecular formula is C10H10BrN3. The minimum absolute atomic E-state index is 0.967. The number of nitrogens with zero attached hydrogens (tertiary/aromatic N) is 3. The van der Waals surface area contributed by atoms with Gasteiger partial charge in [0.2, 0.25) is 0 Å². The van der Waals surface area contributed by atoms with Crippen molar-refractivity contribution in [3.8, 4) is 5.69 Å². The Kier molecular flexibility index (Phi) is 2.93. The third-order valence-electron chi connectivity index (χ3n) is 1.95. The topological polar surface area (TPSA) is 30.7 Å². The second-order valence-corrected chi connectivity index (χ2v) is 3.73. The van der Waals surface area contributed by atoms with Crippen molar-refractivity contribution in [2.24, 2.45) is 0 Å². The Morgan fingerprint density at radius 3 is 2.79 bits per heavy atom. The Bertz CT molecular complexity index is 397. The molecule has 0 radical (unpaired) electrons. The maximum absolute atomic E-state index is 4.27. The summed E-state index contributed by atoms with van der Waals surface area (Å²) in [4.78, 5) is 3.97. The molecule has 0 saturated heterocycles. The van der Waals surface area contributed by atoms with Crippen LogP contribution in [0.15, 0.2) is 36.9 Å². The van der Waals surface area contributed by atoms with E-state index in [1.165, 1.54) is 5.56 Å². The van der Waals surface area contributed by atoms with Crippen LogP contribution in [0, 0.1) is 0 Å². The zero-order valence-electron chi connectivity index (χ0n) is 7.60. The monoisotopic (exact) mass is 251 g/mol. The predicted molar refractivity (Wildman–Crippen MR) is 58.9 cm³/mol. The molecule has 0 unspecified atom stereocenters. The van der Waals surface area contributed by atoms with E-state index < -0.39 is 0 Å². The molecule has 3 nitrogen and oxygen atoms in total. The first kappa shape index (κ1) is 9.40. The molecule has 2 aromatic heterocycles. The van der Waals surface area contributed by atoms with Crippen LogP contribution in [0.4, 0.5) is 0 Å². The van der Waals surface area contributed by atoms with Crippen LogP contribution in [-0.2, 0) is 6.42 Å². The largest absolute Gasteiger partial charge is 0.265 e. The van der Waals surface area contributed by atoms with E-state index in [0.717, 1.165) is 17.4 Å². The summed E-state index contributed by atoms with van der Waals surface area (Å²) in [7, 11) is 0. The van der Waals surface area contributed by atoms with Gasteiger partial charge in [0.15, 0.2) is 0 Å². The molecule has 72 valence electrons. The van der Waals surface area contributed by atoms with E-state index in [2.05, 4.69) is 26.0 Å². The molecule has 0 aliphatic heterocycles. The van der Waals surface area contributed by atoms with Crippen LogP contribution in [-0.4, -0.2) is 20.1 Å². The highest BCUT2D eigenvalue weighted by atomic mass is 79.9. The van der Waals surface area contributed by atoms with E-state index in [4.69, 9.17) is 0 Å². The molecule has 2 heterocycles. The van der Waals surface area contributed by atoms with Crippen LogP contribution in [0.5, 0.6) is 0 Å². The van der Waals surface area contributed by atoms with Gasteiger partial charge in [-0.25, -0.2) is 4.68 Å². The van der Waals surface area contributed by atoms with Crippen LogP contribution >= 0.6 is 15.9 Å². The zero-order valence-corrected chi connectivity index (χ0v) is 9.18. The van der Waals surface area contributed by atoms with E-state index in [1.54, 1.807) is 12.4 Å². The molecule has 0 amide bonds. The van der Waals surface area contributed by atoms with Gasteiger partial charge in [-0.3, -0.25) is 4.98 Å². The number of alkyl halides is 1. The van der Waals surface area contributed by atoms with Gasteiger partial charge < -0.3 is 0 Å². The lowest BCUT2D eigenvalue weighted by molar-refractivity contribution is 0.877. The van der Waals surface area contributed by atoms with E-state index in [-0.39, 0.29) is 0 Å². The Morgan fingerprint density at radius 1 is 1.29 bits per heavy atom. The summed E-state index contributed by atoms with van der Waals surface area (Å²) < 4.78 is 1.86. The Balaban J connectivity index is 2.25. The third kappa shape index (κ3) is 2.01. The molecule has 0 atom stereocenters. The summed E-state index contributed by atoms with van der Waals surface area (Å²) >= 11 is 3.40. The van der Waals surface area contributed by atoms with Crippen molar-refractivity contribution in [3.63, 3.8) is 0 Å². The average molecular weight is 252 g/mol. The standard InChI is InChI=1S/C10H10BrN3/c11-4-1-9-7-13-14(8-9)10-2-5-12-6-3-10/h2-3,5-8H,1,4H2. The first-order chi connectivity index (χ1) is 6.90. The van der Waals surface area contributed by atoms with Crippen LogP contribution in [0.25, 0.3) is 5.69 Å². The predicted octanol–water partition coefficient (Wildman–Crippen LogP) is 2.20. The summed E-state index contributed by atoms with van der Waals surface area (Å²) in [5, 5.41) is 5.24. The molecule has 0 aliphatic carbocycles. The summed E-state index contributed by atoms with van der Waals surface area (Å²) in [6.45, 7) is 0. The van der Waals surface area contributed by atoms with Crippen molar-refractivity contribution in [2.75, 3.05) is 5.33 Å². The minimum atomic E-state index is 0.967. The molecule has 14 heavy (non-hydrogen) atoms. The first-order valence-electron chi connectivity index (χ1n) is 4.40. The Hall–Kier alpha value is -1.16. The van der Waals surface area contributed by atoms with Crippen molar-refractivity contribution >= 4 is 15.9 Å². The van der Waals surface area contributed by atoms with Crippen LogP contribution < -0.4 is 0 Å². The van der Waals surface area contributed by atoms with Crippen LogP contribution in [0.2, 0.25) is 0 Å². The van der Waals surface area contributed by atoms with Gasteiger partial charge >= 0.3 is 0 Å². The number of aromatic nitrogens is 3. The van der Waals surface area contributed by atoms with Crippen molar-refractivity contribution < 1.29 is 0 Å². The molecule has 2 rings (SSSR count). The minimum Gasteiger partial charge on any atom is -0.265 e. The van der Waals surface area contributed by atoms with Crippen molar-refractivity contribution in [3.05, 3.63) is 42.5 Å². The highest BCUT2D eigenvalue weighted by Crippen LogP contribution is 2.07. The van der Waals surface area contributed by atoms with Gasteiger partial charge in [-0.2, -0.15) is 5.10 Å². The molecule has 0 spiro atoms. The highest BCUT2D eigenvalue weighted by Gasteiger charge is 1.99. The van der Waals surface area contributed by atoms with E-state index in [9.17, 15) is 0 Å². The summed E-state index contributed by atoms with van der Waals surface area (Å²) in [6.07, 6.45) is 8.46. The SMILES string of the molecule is BrCCc1cnn(-c2ccncc2)c1. The van der Waals surface area contributed by atoms with E-state index >= 15 is 0 Å². The first-order valence-corrected chi connectivity index (χ1v) is 5.52. The van der Waals surface area contributed by atoms with Crippen LogP contribution in [0.1, 0.15) is 5.56 Å². The number of aryl methyl sites for hydroxylation is 1. The zero-order chi connectivity index (χ0) is 9.80. The Morgan fingerprint density at radius 2 is 2.07 bits per heavy atom. The summed E-state index contributed by atoms with van der Waals surface area (Å²) in [5.41, 5.74) is 2.28. The van der Waals surface area contributed by atoms with Crippen molar-refractivity contribution in [2.45, 2.75) is 6.42 Å². The van der Waals surface area contributed by atoms with Gasteiger partial charge in [0.25, 0.3) is 0 Å². The van der Waals surface area contributed by atoms with Gasteiger partial charge in [-0.15, -0.1) is 0 Å². The van der Waals surface area contributed by atoms with E-state index in [1.807, 2.05) is 29.2 Å². The van der Waals surface area contributed by atoms with Crippen molar-refractivity contribution in [1.29, 1.82) is 0 Å². The van der Waals surface area contributed by atoms with Crippen molar-refractivity contribution in [1.82, 2.24) is 14.8 Å². The van der Waals surface area contributed by atoms with Crippen LogP contribution in [0.3, 0.4) is 0 Å². The maximum atomic E-state index is 4.27. The van der Waals surface area contributed by atoms with Gasteiger partial charge in [-0.05, 0) is 24.1 Å². The normalized spacial score (nSPS) is 10.4. The van der Waals surface area contributed by atoms with Gasteiger partial charge in [0.1, 0.15) is 0 Å². The van der Waals surface area contributed by atoms with E-state index in [0.29, 0.717) is 0 Å². The Labute approximate surface area is 90.9 Å². The number of pyridine rings is 1. The van der Waals surface area contributed by atoms with Gasteiger partial charge in [-0.1, -0.05) is 15.9 Å². The fourth-order valence-electron chi connectivity index (χ4n) is 1.24. The lowest BCUT2D eigenvalue weighted by atomic mass is 10.3. The third-order valence-corrected chi connectivity index (χ3v) is 2.34. The summed E-state index contributed by atoms with van der Waals surface area (Å²) in [5.74, 6) is 0. The molecule has 4 heteroatoms. The molecule has 0 aliphatic rings. The second kappa shape index (κ2) is 4.37. The number of rotatable bonds is 3. The van der Waals surface area contributed by atoms with Gasteiger partial charge in [0, 0.05) is 23.9 Å². The second-order valence-electron chi connectivity index (χ2n) is 2.94. The lowest BCUT2D eigenvalue weighted by Crippen LogP contribution is -1.93. The number of hydrogen-bond donors (Lipinski definition) is 0. The lowest BCUT2D eigenvalue weighted by Gasteiger charge is -1.98. The molecule has 0 bridgehead atoms. The quantitative estimate of drug-likeness (QED) is 0.784. The summed E-state index contributed by atoms with van der Waals surface area (Å²) in [6, 6.07) is 3.87. The highest BCUT2D eigenvalue weighted by molar-refractivity contribution is 9.09. The fourth-order valence-corrected chi connectivity index (χ4v) is 1.69. The maximum Gasteiger partial charge on any atom is 0.0676 e. The number of hydrogen-bond acceptors (Lipinski definition) is 2. The fraction of sp³-hybridized carbons (Fsp3) is 0.200. The number of halogens is 1. The smallest absolute Gasteiger partial charge is 0.0676 e. The molecule has 0 fully saturated rings. The average Bonchev–Trinajstić information content (AvgIpc) is 2.68.